The number of rotatable bonds is 3. The molecule has 0 saturated heterocycles. The molecule has 0 fully saturated rings. The zero-order valence-corrected chi connectivity index (χ0v) is 12.0. The molecule has 0 aliphatic heterocycles. The number of nitro groups is 1. The monoisotopic (exact) mass is 299 g/mol. The highest BCUT2D eigenvalue weighted by atomic mass is 35.5. The highest BCUT2D eigenvalue weighted by Gasteiger charge is 2.12. The molecule has 108 valence electrons. The minimum atomic E-state index is -0.807. The van der Waals surface area contributed by atoms with Crippen LogP contribution in [0.15, 0.2) is 28.4 Å². The molecule has 1 aromatic heterocycles. The molecule has 9 heteroatoms. The van der Waals surface area contributed by atoms with Crippen molar-refractivity contribution in [1.82, 2.24) is 9.88 Å². The molecule has 1 heterocycles. The molecule has 0 aliphatic rings. The lowest BCUT2D eigenvalue weighted by molar-refractivity contribution is -0.485. The van der Waals surface area contributed by atoms with Gasteiger partial charge in [-0.3, -0.25) is 0 Å². The number of nitrogens with zero attached hydrogens (tertiary/aromatic N) is 5. The Labute approximate surface area is 120 Å². The van der Waals surface area contributed by atoms with Crippen molar-refractivity contribution in [3.05, 3.63) is 39.2 Å². The Morgan fingerprint density at radius 1 is 1.60 bits per heavy atom. The van der Waals surface area contributed by atoms with Gasteiger partial charge in [0.15, 0.2) is 10.9 Å². The fourth-order valence-electron chi connectivity index (χ4n) is 1.29. The van der Waals surface area contributed by atoms with Crippen LogP contribution in [-0.4, -0.2) is 40.9 Å². The van der Waals surface area contributed by atoms with Crippen molar-refractivity contribution in [2.75, 3.05) is 14.2 Å². The number of hydrazone groups is 1. The van der Waals surface area contributed by atoms with Gasteiger partial charge in [0.25, 0.3) is 0 Å². The van der Waals surface area contributed by atoms with Crippen molar-refractivity contribution in [2.24, 2.45) is 10.1 Å². The Bertz CT molecular complexity index is 529. The third-order valence-corrected chi connectivity index (χ3v) is 2.50. The summed E-state index contributed by atoms with van der Waals surface area (Å²) in [6.45, 7) is 1.92. The van der Waals surface area contributed by atoms with Gasteiger partial charge in [0, 0.05) is 26.7 Å². The van der Waals surface area contributed by atoms with Crippen LogP contribution in [0.3, 0.4) is 0 Å². The average Bonchev–Trinajstić information content (AvgIpc) is 2.39. The molecule has 0 bridgehead atoms. The molecule has 1 aromatic rings. The Morgan fingerprint density at radius 3 is 2.80 bits per heavy atom. The SMILES string of the molecule is COC(C)=N/C(=N\[N+](=O)[O-])N(C)Cc1ccc(Cl)nc1. The number of aromatic nitrogens is 1. The second-order valence-corrected chi connectivity index (χ2v) is 4.21. The smallest absolute Gasteiger partial charge is 0.300 e. The van der Waals surface area contributed by atoms with Crippen LogP contribution in [0.1, 0.15) is 12.5 Å². The summed E-state index contributed by atoms with van der Waals surface area (Å²) >= 11 is 5.69. The summed E-state index contributed by atoms with van der Waals surface area (Å²) in [5.41, 5.74) is 0.818. The van der Waals surface area contributed by atoms with Crippen molar-refractivity contribution >= 4 is 23.5 Å². The Balaban J connectivity index is 2.91. The van der Waals surface area contributed by atoms with Crippen LogP contribution < -0.4 is 0 Å². The van der Waals surface area contributed by atoms with Gasteiger partial charge >= 0.3 is 5.96 Å². The molecular formula is C11H14ClN5O3. The first-order chi connectivity index (χ1) is 9.42. The van der Waals surface area contributed by atoms with Gasteiger partial charge in [0.05, 0.1) is 7.11 Å². The van der Waals surface area contributed by atoms with Gasteiger partial charge in [0.2, 0.25) is 0 Å². The number of hydrogen-bond donors (Lipinski definition) is 0. The van der Waals surface area contributed by atoms with E-state index in [1.165, 1.54) is 12.0 Å². The van der Waals surface area contributed by atoms with Crippen molar-refractivity contribution in [3.8, 4) is 0 Å². The summed E-state index contributed by atoms with van der Waals surface area (Å²) in [4.78, 5) is 19.9. The minimum Gasteiger partial charge on any atom is -0.484 e. The summed E-state index contributed by atoms with van der Waals surface area (Å²) in [6.07, 6.45) is 1.58. The van der Waals surface area contributed by atoms with E-state index in [2.05, 4.69) is 15.1 Å². The van der Waals surface area contributed by atoms with E-state index in [0.29, 0.717) is 11.7 Å². The maximum atomic E-state index is 10.5. The van der Waals surface area contributed by atoms with Gasteiger partial charge in [-0.05, 0) is 11.6 Å². The Kier molecular flexibility index (Phi) is 5.85. The first kappa shape index (κ1) is 15.8. The quantitative estimate of drug-likeness (QED) is 0.279. The minimum absolute atomic E-state index is 0.0655. The second kappa shape index (κ2) is 7.39. The molecular weight excluding hydrogens is 286 g/mol. The molecule has 8 nitrogen and oxygen atoms in total. The third kappa shape index (κ3) is 5.19. The van der Waals surface area contributed by atoms with E-state index in [9.17, 15) is 10.1 Å². The van der Waals surface area contributed by atoms with Gasteiger partial charge < -0.3 is 9.64 Å². The van der Waals surface area contributed by atoms with Crippen LogP contribution in [0.4, 0.5) is 0 Å². The van der Waals surface area contributed by atoms with Gasteiger partial charge in [-0.15, -0.1) is 0 Å². The molecule has 0 radical (unpaired) electrons. The molecule has 20 heavy (non-hydrogen) atoms. The van der Waals surface area contributed by atoms with Crippen LogP contribution in [0.25, 0.3) is 0 Å². The van der Waals surface area contributed by atoms with Gasteiger partial charge in [-0.25, -0.2) is 15.1 Å². The van der Waals surface area contributed by atoms with Crippen LogP contribution in [0, 0.1) is 10.1 Å². The molecule has 0 atom stereocenters. The van der Waals surface area contributed by atoms with E-state index in [4.69, 9.17) is 16.3 Å². The number of aliphatic imine (C=N–C) groups is 1. The largest absolute Gasteiger partial charge is 0.484 e. The van der Waals surface area contributed by atoms with Gasteiger partial charge in [0.1, 0.15) is 10.3 Å². The zero-order valence-electron chi connectivity index (χ0n) is 11.3. The number of halogens is 1. The van der Waals surface area contributed by atoms with Crippen molar-refractivity contribution < 1.29 is 9.77 Å². The lowest BCUT2D eigenvalue weighted by atomic mass is 10.3. The second-order valence-electron chi connectivity index (χ2n) is 3.82. The lowest BCUT2D eigenvalue weighted by Gasteiger charge is -2.16. The van der Waals surface area contributed by atoms with E-state index in [-0.39, 0.29) is 11.9 Å². The molecule has 0 N–H and O–H groups in total. The molecule has 0 amide bonds. The summed E-state index contributed by atoms with van der Waals surface area (Å²) in [5.74, 6) is 0.205. The molecule has 0 unspecified atom stereocenters. The maximum Gasteiger partial charge on any atom is 0.300 e. The van der Waals surface area contributed by atoms with Crippen molar-refractivity contribution in [3.63, 3.8) is 0 Å². The standard InChI is InChI=1S/C11H14ClN5O3/c1-8(20-3)14-11(15-17(18)19)16(2)7-9-4-5-10(12)13-6-9/h4-6H,7H2,1-3H3/b14-8?,15-11+. The van der Waals surface area contributed by atoms with Gasteiger partial charge in [-0.1, -0.05) is 17.7 Å². The number of pyridine rings is 1. The predicted octanol–water partition coefficient (Wildman–Crippen LogP) is 1.78. The first-order valence-electron chi connectivity index (χ1n) is 5.56. The van der Waals surface area contributed by atoms with Crippen LogP contribution >= 0.6 is 11.6 Å². The predicted molar refractivity (Wildman–Crippen MR) is 75.3 cm³/mol. The molecule has 0 aliphatic carbocycles. The Hall–Kier alpha value is -2.22. The van der Waals surface area contributed by atoms with Crippen LogP contribution in [-0.2, 0) is 11.3 Å². The number of guanidine groups is 1. The lowest BCUT2D eigenvalue weighted by Crippen LogP contribution is -2.27. The fourth-order valence-corrected chi connectivity index (χ4v) is 1.40. The highest BCUT2D eigenvalue weighted by molar-refractivity contribution is 6.29. The normalized spacial score (nSPS) is 12.2. The van der Waals surface area contributed by atoms with Crippen LogP contribution in [0.5, 0.6) is 0 Å². The summed E-state index contributed by atoms with van der Waals surface area (Å²) in [5, 5.41) is 13.3. The van der Waals surface area contributed by atoms with Crippen molar-refractivity contribution in [1.29, 1.82) is 0 Å². The summed E-state index contributed by atoms with van der Waals surface area (Å²) in [6, 6.07) is 3.40. The highest BCUT2D eigenvalue weighted by Crippen LogP contribution is 2.08. The van der Waals surface area contributed by atoms with E-state index in [1.807, 2.05) is 0 Å². The van der Waals surface area contributed by atoms with E-state index in [1.54, 1.807) is 32.3 Å². The molecule has 0 aromatic carbocycles. The van der Waals surface area contributed by atoms with E-state index in [0.717, 1.165) is 5.56 Å². The van der Waals surface area contributed by atoms with Crippen LogP contribution in [0.2, 0.25) is 5.15 Å². The summed E-state index contributed by atoms with van der Waals surface area (Å²) in [7, 11) is 3.05. The zero-order chi connectivity index (χ0) is 15.1. The number of methoxy groups -OCH3 is 1. The van der Waals surface area contributed by atoms with E-state index < -0.39 is 5.03 Å². The molecule has 0 spiro atoms. The number of ether oxygens (including phenoxy) is 1. The molecule has 1 rings (SSSR count). The summed E-state index contributed by atoms with van der Waals surface area (Å²) < 4.78 is 4.87. The Morgan fingerprint density at radius 2 is 2.30 bits per heavy atom. The fraction of sp³-hybridized carbons (Fsp3) is 0.364. The first-order valence-corrected chi connectivity index (χ1v) is 5.94. The topological polar surface area (TPSA) is 93.2 Å². The number of hydrogen-bond acceptors (Lipinski definition) is 4. The average molecular weight is 300 g/mol. The third-order valence-electron chi connectivity index (χ3n) is 2.27. The van der Waals surface area contributed by atoms with Crippen molar-refractivity contribution in [2.45, 2.75) is 13.5 Å². The molecule has 0 saturated carbocycles. The van der Waals surface area contributed by atoms with Gasteiger partial charge in [-0.2, -0.15) is 4.99 Å². The maximum absolute atomic E-state index is 10.5. The van der Waals surface area contributed by atoms with E-state index >= 15 is 0 Å².